The van der Waals surface area contributed by atoms with Crippen molar-refractivity contribution >= 4 is 11.8 Å². The fourth-order valence-corrected chi connectivity index (χ4v) is 5.13. The van der Waals surface area contributed by atoms with Crippen molar-refractivity contribution in [2.24, 2.45) is 0 Å². The second kappa shape index (κ2) is 23.0. The SMILES string of the molecule is CN1CCCCC1.CN1CCN(C)CC1.CN1CCNCC1.CN1CCOCC1.CN1CCSCC1. The molecule has 0 unspecified atom stereocenters. The molecule has 0 atom stereocenters. The predicted molar refractivity (Wildman–Crippen MR) is 160 cm³/mol. The zero-order valence-electron chi connectivity index (χ0n) is 24.8. The minimum absolute atomic E-state index is 0.913. The Kier molecular flexibility index (Phi) is 21.7. The molecule has 0 aromatic rings. The van der Waals surface area contributed by atoms with Gasteiger partial charge in [0.15, 0.2) is 0 Å². The molecule has 0 saturated carbocycles. The number of ether oxygens (including phenoxy) is 1. The Balaban J connectivity index is 0.000000225. The molecule has 216 valence electrons. The molecule has 0 aromatic heterocycles. The van der Waals surface area contributed by atoms with Crippen LogP contribution in [0.2, 0.25) is 0 Å². The Morgan fingerprint density at radius 3 is 1.11 bits per heavy atom. The predicted octanol–water partition coefficient (Wildman–Crippen LogP) is 1.10. The summed E-state index contributed by atoms with van der Waals surface area (Å²) in [7, 11) is 13.0. The summed E-state index contributed by atoms with van der Waals surface area (Å²) >= 11 is 2.06. The van der Waals surface area contributed by atoms with Gasteiger partial charge in [-0.2, -0.15) is 11.8 Å². The molecular formula is C27H61N7OS. The standard InChI is InChI=1S/C6H14N2.C6H13N.C5H12N2.C5H11NO.C5H11NS/c1-7-3-5-8(2)6-4-7;1-7-5-3-2-4-6-7;1-7-4-2-6-3-5-7;2*1-6-2-4-7-5-3-6/h3-6H2,1-2H3;2-6H2,1H3;6H,2-5H2,1H3;2*2-5H2,1H3. The normalized spacial score (nSPS) is 25.5. The third kappa shape index (κ3) is 21.0. The third-order valence-electron chi connectivity index (χ3n) is 7.12. The Morgan fingerprint density at radius 1 is 0.444 bits per heavy atom. The number of piperidine rings is 1. The first-order valence-corrected chi connectivity index (χ1v) is 15.5. The van der Waals surface area contributed by atoms with Gasteiger partial charge in [-0.3, -0.25) is 0 Å². The van der Waals surface area contributed by atoms with E-state index in [4.69, 9.17) is 4.74 Å². The number of morpholine rings is 1. The molecule has 0 bridgehead atoms. The summed E-state index contributed by atoms with van der Waals surface area (Å²) in [4.78, 5) is 14.1. The van der Waals surface area contributed by atoms with Crippen LogP contribution in [0, 0.1) is 0 Å². The average Bonchev–Trinajstić information content (AvgIpc) is 2.89. The van der Waals surface area contributed by atoms with Crippen molar-refractivity contribution < 1.29 is 4.74 Å². The van der Waals surface area contributed by atoms with Crippen LogP contribution in [0.4, 0.5) is 0 Å². The van der Waals surface area contributed by atoms with Crippen LogP contribution >= 0.6 is 11.8 Å². The number of likely N-dealkylation sites (N-methyl/N-ethyl adjacent to an activating group) is 4. The highest BCUT2D eigenvalue weighted by Gasteiger charge is 2.08. The lowest BCUT2D eigenvalue weighted by molar-refractivity contribution is 0.0503. The van der Waals surface area contributed by atoms with Gasteiger partial charge in [-0.15, -0.1) is 0 Å². The van der Waals surface area contributed by atoms with Gasteiger partial charge >= 0.3 is 0 Å². The molecule has 0 spiro atoms. The summed E-state index contributed by atoms with van der Waals surface area (Å²) in [5.74, 6) is 2.66. The van der Waals surface area contributed by atoms with Gasteiger partial charge in [0.2, 0.25) is 0 Å². The Bertz CT molecular complexity index is 385. The highest BCUT2D eigenvalue weighted by Crippen LogP contribution is 2.06. The molecule has 5 aliphatic rings. The molecule has 1 N–H and O–H groups in total. The van der Waals surface area contributed by atoms with E-state index in [0.29, 0.717) is 0 Å². The lowest BCUT2D eigenvalue weighted by Gasteiger charge is -2.28. The zero-order chi connectivity index (χ0) is 26.4. The number of rotatable bonds is 0. The second-order valence-electron chi connectivity index (χ2n) is 10.9. The fraction of sp³-hybridized carbons (Fsp3) is 1.00. The van der Waals surface area contributed by atoms with E-state index in [0.717, 1.165) is 39.4 Å². The maximum absolute atomic E-state index is 5.10. The summed E-state index contributed by atoms with van der Waals surface area (Å²) in [5, 5.41) is 3.27. The number of nitrogens with one attached hydrogen (secondary N) is 1. The van der Waals surface area contributed by atoms with Crippen LogP contribution in [0.25, 0.3) is 0 Å². The zero-order valence-corrected chi connectivity index (χ0v) is 25.7. The number of likely N-dealkylation sites (tertiary alicyclic amines) is 1. The van der Waals surface area contributed by atoms with Crippen molar-refractivity contribution in [3.63, 3.8) is 0 Å². The Hall–Kier alpha value is 0.0300. The molecule has 0 aromatic carbocycles. The molecule has 5 rings (SSSR count). The molecule has 5 fully saturated rings. The minimum atomic E-state index is 0.913. The molecule has 8 nitrogen and oxygen atoms in total. The van der Waals surface area contributed by atoms with E-state index in [-0.39, 0.29) is 0 Å². The van der Waals surface area contributed by atoms with Crippen molar-refractivity contribution in [1.29, 1.82) is 0 Å². The van der Waals surface area contributed by atoms with Crippen LogP contribution in [-0.2, 0) is 4.74 Å². The Labute approximate surface area is 229 Å². The highest BCUT2D eigenvalue weighted by molar-refractivity contribution is 7.99. The van der Waals surface area contributed by atoms with Crippen LogP contribution in [0.15, 0.2) is 0 Å². The number of nitrogens with zero attached hydrogens (tertiary/aromatic N) is 6. The van der Waals surface area contributed by atoms with Gasteiger partial charge in [0.25, 0.3) is 0 Å². The van der Waals surface area contributed by atoms with E-state index < -0.39 is 0 Å². The molecule has 5 aliphatic heterocycles. The average molecular weight is 532 g/mol. The van der Waals surface area contributed by atoms with Crippen LogP contribution < -0.4 is 5.32 Å². The molecule has 0 aliphatic carbocycles. The monoisotopic (exact) mass is 531 g/mol. The van der Waals surface area contributed by atoms with Crippen LogP contribution in [0.5, 0.6) is 0 Å². The fourth-order valence-electron chi connectivity index (χ4n) is 4.04. The maximum atomic E-state index is 5.10. The van der Waals surface area contributed by atoms with Gasteiger partial charge < -0.3 is 39.5 Å². The van der Waals surface area contributed by atoms with Crippen LogP contribution in [0.1, 0.15) is 19.3 Å². The summed E-state index contributed by atoms with van der Waals surface area (Å²) < 4.78 is 5.10. The minimum Gasteiger partial charge on any atom is -0.379 e. The smallest absolute Gasteiger partial charge is 0.0594 e. The van der Waals surface area contributed by atoms with E-state index in [9.17, 15) is 0 Å². The number of hydrogen-bond donors (Lipinski definition) is 1. The first-order valence-electron chi connectivity index (χ1n) is 14.3. The number of hydrogen-bond acceptors (Lipinski definition) is 9. The summed E-state index contributed by atoms with van der Waals surface area (Å²) in [6.07, 6.45) is 4.28. The maximum Gasteiger partial charge on any atom is 0.0594 e. The summed E-state index contributed by atoms with van der Waals surface area (Å²) in [6, 6.07) is 0. The van der Waals surface area contributed by atoms with Crippen molar-refractivity contribution in [3.05, 3.63) is 0 Å². The van der Waals surface area contributed by atoms with E-state index >= 15 is 0 Å². The molecule has 0 radical (unpaired) electrons. The van der Waals surface area contributed by atoms with Crippen molar-refractivity contribution in [2.75, 3.05) is 159 Å². The van der Waals surface area contributed by atoms with Gasteiger partial charge in [0.1, 0.15) is 0 Å². The van der Waals surface area contributed by atoms with Gasteiger partial charge in [-0.1, -0.05) is 6.42 Å². The molecule has 0 amide bonds. The first kappa shape index (κ1) is 34.1. The van der Waals surface area contributed by atoms with Gasteiger partial charge in [-0.05, 0) is 68.2 Å². The van der Waals surface area contributed by atoms with E-state index in [1.54, 1.807) is 0 Å². The molecule has 9 heteroatoms. The lowest BCUT2D eigenvalue weighted by Crippen LogP contribution is -2.42. The van der Waals surface area contributed by atoms with E-state index in [1.165, 1.54) is 96.2 Å². The topological polar surface area (TPSA) is 40.7 Å². The van der Waals surface area contributed by atoms with Gasteiger partial charge in [0, 0.05) is 90.0 Å². The van der Waals surface area contributed by atoms with Crippen LogP contribution in [-0.4, -0.2) is 188 Å². The van der Waals surface area contributed by atoms with Crippen molar-refractivity contribution in [2.45, 2.75) is 19.3 Å². The third-order valence-corrected chi connectivity index (χ3v) is 8.06. The number of piperazine rings is 2. The van der Waals surface area contributed by atoms with Gasteiger partial charge in [0.05, 0.1) is 13.2 Å². The first-order chi connectivity index (χ1) is 17.4. The van der Waals surface area contributed by atoms with Crippen molar-refractivity contribution in [3.8, 4) is 0 Å². The van der Waals surface area contributed by atoms with E-state index in [2.05, 4.69) is 88.8 Å². The highest BCUT2D eigenvalue weighted by atomic mass is 32.2. The molecular weight excluding hydrogens is 470 g/mol. The number of thioether (sulfide) groups is 1. The second-order valence-corrected chi connectivity index (χ2v) is 12.1. The Morgan fingerprint density at radius 2 is 0.833 bits per heavy atom. The molecule has 5 saturated heterocycles. The van der Waals surface area contributed by atoms with Gasteiger partial charge in [-0.25, -0.2) is 0 Å². The molecule has 5 heterocycles. The molecule has 36 heavy (non-hydrogen) atoms. The quantitative estimate of drug-likeness (QED) is 0.495. The summed E-state index contributed by atoms with van der Waals surface area (Å²) in [6.45, 7) is 18.9. The van der Waals surface area contributed by atoms with Crippen LogP contribution in [0.3, 0.4) is 0 Å². The summed E-state index contributed by atoms with van der Waals surface area (Å²) in [5.41, 5.74) is 0. The largest absolute Gasteiger partial charge is 0.379 e. The van der Waals surface area contributed by atoms with Crippen molar-refractivity contribution in [1.82, 2.24) is 34.7 Å². The van der Waals surface area contributed by atoms with E-state index in [1.807, 2.05) is 0 Å². The lowest BCUT2D eigenvalue weighted by atomic mass is 10.1.